The van der Waals surface area contributed by atoms with E-state index in [4.69, 9.17) is 16.3 Å². The Hall–Kier alpha value is -2.36. The van der Waals surface area contributed by atoms with Gasteiger partial charge in [0.05, 0.1) is 0 Å². The minimum Gasteiger partial charge on any atom is -0.480 e. The summed E-state index contributed by atoms with van der Waals surface area (Å²) in [5.74, 6) is 1.17. The quantitative estimate of drug-likeness (QED) is 0.112. The zero-order valence-corrected chi connectivity index (χ0v) is 15.9. The maximum Gasteiger partial charge on any atom is 0.328 e. The Morgan fingerprint density at radius 2 is 1.73 bits per heavy atom. The summed E-state index contributed by atoms with van der Waals surface area (Å²) in [6, 6.07) is -2.08. The van der Waals surface area contributed by atoms with E-state index in [9.17, 15) is 24.3 Å². The zero-order valence-electron chi connectivity index (χ0n) is 15.9. The summed E-state index contributed by atoms with van der Waals surface area (Å²) >= 11 is 0. The third-order valence-electron chi connectivity index (χ3n) is 3.42. The molecule has 3 amide bonds. The van der Waals surface area contributed by atoms with Crippen LogP contribution < -0.4 is 16.9 Å². The average Bonchev–Trinajstić information content (AvgIpc) is 2.43. The molecule has 2 atom stereocenters. The second kappa shape index (κ2) is 9.95. The molecular weight excluding hydrogens is 344 g/mol. The van der Waals surface area contributed by atoms with Crippen LogP contribution in [0, 0.1) is 11.8 Å². The molecule has 0 aromatic heterocycles. The van der Waals surface area contributed by atoms with E-state index in [0.717, 1.165) is 0 Å². The molecule has 0 aliphatic carbocycles. The van der Waals surface area contributed by atoms with Crippen LogP contribution in [0.2, 0.25) is 0 Å². The van der Waals surface area contributed by atoms with Crippen molar-refractivity contribution in [2.75, 3.05) is 6.54 Å². The van der Waals surface area contributed by atoms with Crippen molar-refractivity contribution >= 4 is 23.9 Å². The van der Waals surface area contributed by atoms with Crippen molar-refractivity contribution in [2.24, 2.45) is 23.4 Å². The van der Waals surface area contributed by atoms with Crippen molar-refractivity contribution in [2.45, 2.75) is 59.1 Å². The number of amides is 3. The fourth-order valence-corrected chi connectivity index (χ4v) is 2.23. The lowest BCUT2D eigenvalue weighted by Crippen LogP contribution is -2.54. The molecule has 0 aromatic rings. The Labute approximate surface area is 153 Å². The number of carbonyl (C=O) groups excluding carboxylic acids is 3. The number of hydrogen-bond acceptors (Lipinski definition) is 6. The summed E-state index contributed by atoms with van der Waals surface area (Å²) < 4.78 is 5.25. The number of ether oxygens (including phenoxy) is 1. The van der Waals surface area contributed by atoms with Crippen LogP contribution in [0.1, 0.15) is 47.5 Å². The average molecular weight is 374 g/mol. The second-order valence-electron chi connectivity index (χ2n) is 7.29. The first-order chi connectivity index (χ1) is 11.8. The SMILES string of the molecule is CC(C)C(C(=O)OC(C)(C)C)C(=O)N(N)C(CCCNC(N)=O)C(=O)O. The molecule has 10 nitrogen and oxygen atoms in total. The molecule has 0 saturated heterocycles. The van der Waals surface area contributed by atoms with Crippen LogP contribution >= 0.6 is 0 Å². The van der Waals surface area contributed by atoms with Crippen molar-refractivity contribution in [3.05, 3.63) is 0 Å². The zero-order chi connectivity index (χ0) is 20.7. The van der Waals surface area contributed by atoms with Gasteiger partial charge in [0, 0.05) is 6.54 Å². The minimum atomic E-state index is -1.35. The Morgan fingerprint density at radius 3 is 2.12 bits per heavy atom. The molecule has 0 aliphatic rings. The highest BCUT2D eigenvalue weighted by atomic mass is 16.6. The van der Waals surface area contributed by atoms with E-state index >= 15 is 0 Å². The highest BCUT2D eigenvalue weighted by molar-refractivity contribution is 5.99. The van der Waals surface area contributed by atoms with Gasteiger partial charge in [0.15, 0.2) is 0 Å². The van der Waals surface area contributed by atoms with Crippen LogP contribution in [0.25, 0.3) is 0 Å². The maximum atomic E-state index is 12.6. The minimum absolute atomic E-state index is 0.0169. The number of carbonyl (C=O) groups is 4. The topological polar surface area (TPSA) is 165 Å². The highest BCUT2D eigenvalue weighted by Gasteiger charge is 2.39. The largest absolute Gasteiger partial charge is 0.480 e. The number of esters is 1. The van der Waals surface area contributed by atoms with E-state index in [1.807, 2.05) is 0 Å². The summed E-state index contributed by atoms with van der Waals surface area (Å²) in [5, 5.41) is 12.2. The Morgan fingerprint density at radius 1 is 1.19 bits per heavy atom. The molecule has 0 saturated carbocycles. The Kier molecular flexibility index (Phi) is 9.05. The van der Waals surface area contributed by atoms with Gasteiger partial charge in [-0.25, -0.2) is 15.4 Å². The molecule has 0 aliphatic heterocycles. The number of hydrogen-bond donors (Lipinski definition) is 4. The number of hydrazine groups is 1. The molecule has 0 radical (unpaired) electrons. The van der Waals surface area contributed by atoms with Gasteiger partial charge in [-0.1, -0.05) is 13.8 Å². The Bertz CT molecular complexity index is 529. The van der Waals surface area contributed by atoms with Gasteiger partial charge in [-0.2, -0.15) is 0 Å². The number of nitrogens with two attached hydrogens (primary N) is 2. The number of nitrogens with one attached hydrogen (secondary N) is 1. The number of aliphatic carboxylic acids is 1. The van der Waals surface area contributed by atoms with Crippen molar-refractivity contribution in [3.63, 3.8) is 0 Å². The summed E-state index contributed by atoms with van der Waals surface area (Å²) in [5.41, 5.74) is 4.13. The van der Waals surface area contributed by atoms with E-state index < -0.39 is 47.4 Å². The monoisotopic (exact) mass is 374 g/mol. The molecule has 0 bridgehead atoms. The van der Waals surface area contributed by atoms with Crippen LogP contribution in [0.4, 0.5) is 4.79 Å². The number of rotatable bonds is 9. The van der Waals surface area contributed by atoms with Gasteiger partial charge in [-0.15, -0.1) is 0 Å². The van der Waals surface area contributed by atoms with E-state index in [2.05, 4.69) is 5.32 Å². The van der Waals surface area contributed by atoms with Gasteiger partial charge in [0.2, 0.25) is 0 Å². The molecule has 0 fully saturated rings. The molecule has 10 heteroatoms. The first-order valence-corrected chi connectivity index (χ1v) is 8.34. The van der Waals surface area contributed by atoms with E-state index in [1.54, 1.807) is 34.6 Å². The third kappa shape index (κ3) is 8.15. The lowest BCUT2D eigenvalue weighted by atomic mass is 9.93. The predicted molar refractivity (Wildman–Crippen MR) is 93.5 cm³/mol. The summed E-state index contributed by atoms with van der Waals surface area (Å²) in [6.07, 6.45) is 0.219. The lowest BCUT2D eigenvalue weighted by molar-refractivity contribution is -0.169. The predicted octanol–water partition coefficient (Wildman–Crippen LogP) is 0.204. The van der Waals surface area contributed by atoms with Crippen molar-refractivity contribution in [1.82, 2.24) is 10.3 Å². The molecular formula is C16H30N4O6. The van der Waals surface area contributed by atoms with Crippen LogP contribution in [-0.4, -0.2) is 52.2 Å². The fourth-order valence-electron chi connectivity index (χ4n) is 2.23. The van der Waals surface area contributed by atoms with Crippen molar-refractivity contribution < 1.29 is 29.0 Å². The molecule has 6 N–H and O–H groups in total. The molecule has 0 heterocycles. The second-order valence-corrected chi connectivity index (χ2v) is 7.29. The molecule has 26 heavy (non-hydrogen) atoms. The number of primary amides is 1. The van der Waals surface area contributed by atoms with Gasteiger partial charge in [-0.3, -0.25) is 14.6 Å². The molecule has 0 spiro atoms. The third-order valence-corrected chi connectivity index (χ3v) is 3.42. The van der Waals surface area contributed by atoms with Gasteiger partial charge in [0.1, 0.15) is 17.6 Å². The van der Waals surface area contributed by atoms with Crippen LogP contribution in [0.5, 0.6) is 0 Å². The van der Waals surface area contributed by atoms with Gasteiger partial charge in [-0.05, 0) is 39.5 Å². The fraction of sp³-hybridized carbons (Fsp3) is 0.750. The van der Waals surface area contributed by atoms with Crippen LogP contribution in [0.3, 0.4) is 0 Å². The van der Waals surface area contributed by atoms with E-state index in [1.165, 1.54) is 0 Å². The first-order valence-electron chi connectivity index (χ1n) is 8.34. The number of urea groups is 1. The first kappa shape index (κ1) is 23.6. The smallest absolute Gasteiger partial charge is 0.328 e. The molecule has 150 valence electrons. The molecule has 0 rings (SSSR count). The normalized spacial score (nSPS) is 13.7. The van der Waals surface area contributed by atoms with Gasteiger partial charge >= 0.3 is 18.0 Å². The number of carboxylic acid groups (broad SMARTS) is 1. The summed E-state index contributed by atoms with van der Waals surface area (Å²) in [7, 11) is 0. The molecule has 0 aromatic carbocycles. The number of nitrogens with zero attached hydrogens (tertiary/aromatic N) is 1. The van der Waals surface area contributed by atoms with Crippen LogP contribution in [0.15, 0.2) is 0 Å². The van der Waals surface area contributed by atoms with Crippen molar-refractivity contribution in [1.29, 1.82) is 0 Å². The van der Waals surface area contributed by atoms with E-state index in [-0.39, 0.29) is 19.4 Å². The maximum absolute atomic E-state index is 12.6. The van der Waals surface area contributed by atoms with Crippen molar-refractivity contribution in [3.8, 4) is 0 Å². The highest BCUT2D eigenvalue weighted by Crippen LogP contribution is 2.21. The van der Waals surface area contributed by atoms with E-state index in [0.29, 0.717) is 5.01 Å². The summed E-state index contributed by atoms with van der Waals surface area (Å²) in [4.78, 5) is 47.1. The van der Waals surface area contributed by atoms with Gasteiger partial charge in [0.25, 0.3) is 5.91 Å². The summed E-state index contributed by atoms with van der Waals surface area (Å²) in [6.45, 7) is 8.43. The standard InChI is InChI=1S/C16H30N4O6/c1-9(2)11(14(24)26-16(3,4)5)12(21)20(18)10(13(22)23)7-6-8-19-15(17)25/h9-11H,6-8,18H2,1-5H3,(H,22,23)(H3,17,19,25). The van der Waals surface area contributed by atoms with Crippen LogP contribution in [-0.2, 0) is 19.1 Å². The number of carboxylic acids is 1. The lowest BCUT2D eigenvalue weighted by Gasteiger charge is -2.30. The van der Waals surface area contributed by atoms with Gasteiger partial charge < -0.3 is 20.9 Å². The molecule has 2 unspecified atom stereocenters. The Balaban J connectivity index is 5.17.